The molecular formula is C97H100Ir2N9O10Rh4-5. The number of rotatable bonds is 14. The molecule has 122 heavy (non-hydrogen) atoms. The van der Waals surface area contributed by atoms with Crippen molar-refractivity contribution in [1.82, 2.24) is 44.9 Å². The summed E-state index contributed by atoms with van der Waals surface area (Å²) in [5.41, 5.74) is 13.8. The van der Waals surface area contributed by atoms with Crippen LogP contribution in [-0.2, 0) is 125 Å². The molecule has 0 amide bonds. The molecule has 0 fully saturated rings. The van der Waals surface area contributed by atoms with Crippen LogP contribution < -0.4 is 0 Å². The molecule has 652 valence electrons. The minimum atomic E-state index is -0.990. The summed E-state index contributed by atoms with van der Waals surface area (Å²) in [7, 11) is 0. The van der Waals surface area contributed by atoms with Crippen molar-refractivity contribution >= 4 is 33.6 Å². The van der Waals surface area contributed by atoms with E-state index in [2.05, 4.69) is 131 Å². The molecule has 15 aromatic rings. The molecule has 0 saturated carbocycles. The van der Waals surface area contributed by atoms with E-state index in [1.165, 1.54) is 46.4 Å². The zero-order chi connectivity index (χ0) is 83.9. The van der Waals surface area contributed by atoms with E-state index in [9.17, 15) is 9.59 Å². The number of benzene rings is 6. The first-order valence-electron chi connectivity index (χ1n) is 37.4. The maximum absolute atomic E-state index is 10.1. The summed E-state index contributed by atoms with van der Waals surface area (Å²) >= 11 is 0. The van der Waals surface area contributed by atoms with Crippen LogP contribution >= 0.6 is 0 Å². The van der Waals surface area contributed by atoms with Crippen molar-refractivity contribution in [2.75, 3.05) is 0 Å². The van der Waals surface area contributed by atoms with Crippen molar-refractivity contribution < 1.29 is 169 Å². The van der Waals surface area contributed by atoms with Gasteiger partial charge in [-0.2, -0.15) is 35.9 Å². The molecule has 0 aliphatic heterocycles. The topological polar surface area (TPSA) is 312 Å². The molecule has 0 spiro atoms. The van der Waals surface area contributed by atoms with Crippen LogP contribution in [0, 0.1) is 44.2 Å². The van der Waals surface area contributed by atoms with Gasteiger partial charge in [0.25, 0.3) is 0 Å². The van der Waals surface area contributed by atoms with E-state index in [0.29, 0.717) is 19.3 Å². The molecule has 9 heterocycles. The molecule has 6 unspecified atom stereocenters. The molecule has 0 aliphatic carbocycles. The van der Waals surface area contributed by atoms with Crippen LogP contribution in [0.5, 0.6) is 0 Å². The van der Waals surface area contributed by atoms with Gasteiger partial charge in [0.05, 0.1) is 48.0 Å². The first-order chi connectivity index (χ1) is 56.0. The Morgan fingerprint density at radius 2 is 0.656 bits per heavy atom. The van der Waals surface area contributed by atoms with Crippen LogP contribution in [0.25, 0.3) is 66.8 Å². The molecule has 19 nitrogen and oxygen atoms in total. The van der Waals surface area contributed by atoms with Crippen molar-refractivity contribution in [2.24, 2.45) is 0 Å². The van der Waals surface area contributed by atoms with Crippen LogP contribution in [0.1, 0.15) is 104 Å². The Hall–Kier alpha value is -9.32. The van der Waals surface area contributed by atoms with Crippen LogP contribution in [0.3, 0.4) is 0 Å². The molecule has 8 N–H and O–H groups in total. The minimum absolute atomic E-state index is 0. The van der Waals surface area contributed by atoms with Crippen LogP contribution in [0.4, 0.5) is 0 Å². The number of aliphatic hydroxyl groups excluding tert-OH is 6. The summed E-state index contributed by atoms with van der Waals surface area (Å²) in [6, 6.07) is 103. The van der Waals surface area contributed by atoms with E-state index in [-0.39, 0.29) is 166 Å². The van der Waals surface area contributed by atoms with Gasteiger partial charge < -0.3 is 60.8 Å². The van der Waals surface area contributed by atoms with Gasteiger partial charge in [0.2, 0.25) is 0 Å². The van der Waals surface area contributed by atoms with E-state index in [0.717, 1.165) is 73.7 Å². The quantitative estimate of drug-likeness (QED) is 0.0285. The molecule has 15 rings (SSSR count). The SMILES string of the molecule is CC(O)CC(C)O.CC(O)CC(C)O.CC(O)CC(C)O.Cc1[c-]c(-c2ccccn2)cc(C)c1.O=C(O)c1ccccn1.O=C(O)c1ccccn1.[Ir].[Ir].[Rh].[Rh].[Rh].[Rh].[c-]1cccc2ccc3cccnc3c12.[c-]1ccccc1-c1ccccn1.[c-]1ccccc1-c1ccccn1.[c-]1ccccc1Cc1ccccn1.c1ccc(-c2ccccn2)nc1. The molecule has 25 heteroatoms. The molecule has 6 radical (unpaired) electrons. The molecule has 9 aromatic heterocycles. The molecule has 0 saturated heterocycles. The fraction of sp³-hybridized carbons (Fsp3) is 0.186. The second-order valence-electron chi connectivity index (χ2n) is 25.9. The number of nitrogens with zero attached hydrogens (tertiary/aromatic N) is 9. The first-order valence-corrected chi connectivity index (χ1v) is 37.4. The standard InChI is InChI=1S/C13H8N.C13H12N.C12H10N.2C11H8N.C10H8N2.2C6H5NO2.3C5H12O2.2Ir.4Rh/c1-2-6-12-10(4-1)7-8-11-5-3-9-14-13(11)12;1-10-7-11(2)9-12(8-10)13-5-3-4-6-14-13;1-2-6-11(7-3-1)10-12-8-4-5-9-13-12;2*1-2-6-10(7-3-1)11-8-4-5-9-12-11;1-3-7-11-9(5-1)10-6-2-4-8-12-10;2*8-6(9)5-3-1-2-4-7-5;3*1-4(6)3-5(2)7;;;;;;/h1-5,7-9H;3-8H,1-2H3;1-6,8-9H,10H2;2*1-6,8-9H;1-8H;2*1-4H,(H,8,9);3*4-7H,3H2,1-2H3;;;;;;/q5*-1;;;;;;;;;;;;. The Balaban J connectivity index is 0. The Morgan fingerprint density at radius 1 is 0.320 bits per heavy atom. The number of hydrogen-bond donors (Lipinski definition) is 8. The summed E-state index contributed by atoms with van der Waals surface area (Å²) in [6.07, 6.45) is 15.5. The normalized spacial score (nSPS) is 10.9. The fourth-order valence-corrected chi connectivity index (χ4v) is 10.2. The zero-order valence-corrected chi connectivity index (χ0v) is 79.7. The van der Waals surface area contributed by atoms with Crippen LogP contribution in [0.15, 0.2) is 329 Å². The van der Waals surface area contributed by atoms with Gasteiger partial charge in [-0.1, -0.05) is 98.8 Å². The Labute approximate surface area is 795 Å². The average molecular weight is 2350 g/mol. The van der Waals surface area contributed by atoms with Gasteiger partial charge in [-0.05, 0) is 180 Å². The third-order valence-electron chi connectivity index (χ3n) is 15.1. The number of aromatic nitrogens is 9. The number of carboxylic acids is 2. The summed E-state index contributed by atoms with van der Waals surface area (Å²) in [5.74, 6) is -1.98. The summed E-state index contributed by atoms with van der Waals surface area (Å²) < 4.78 is 0. The Morgan fingerprint density at radius 3 is 0.975 bits per heavy atom. The first kappa shape index (κ1) is 115. The van der Waals surface area contributed by atoms with Crippen LogP contribution in [-0.4, -0.2) is 134 Å². The number of pyridine rings is 9. The second kappa shape index (κ2) is 69.1. The van der Waals surface area contributed by atoms with Crippen LogP contribution in [0.2, 0.25) is 0 Å². The van der Waals surface area contributed by atoms with Gasteiger partial charge >= 0.3 is 11.9 Å². The molecular weight excluding hydrogens is 2250 g/mol. The average Bonchev–Trinajstić information content (AvgIpc) is 0.797. The zero-order valence-electron chi connectivity index (χ0n) is 68.4. The monoisotopic (exact) mass is 2350 g/mol. The second-order valence-corrected chi connectivity index (χ2v) is 25.9. The summed E-state index contributed by atoms with van der Waals surface area (Å²) in [5, 5.41) is 71.5. The number of aromatic carboxylic acids is 2. The maximum atomic E-state index is 10.1. The number of aliphatic hydroxyl groups is 6. The van der Waals surface area contributed by atoms with Gasteiger partial charge in [0.1, 0.15) is 11.4 Å². The number of carboxylic acid groups (broad SMARTS) is 2. The maximum Gasteiger partial charge on any atom is 0.354 e. The van der Waals surface area contributed by atoms with Gasteiger partial charge in [-0.25, -0.2) is 19.6 Å². The van der Waals surface area contributed by atoms with E-state index in [1.807, 2.05) is 207 Å². The largest absolute Gasteiger partial charge is 0.477 e. The molecule has 6 aromatic carbocycles. The molecule has 0 aliphatic rings. The fourth-order valence-electron chi connectivity index (χ4n) is 10.2. The van der Waals surface area contributed by atoms with Gasteiger partial charge in [-0.15, -0.1) is 142 Å². The smallest absolute Gasteiger partial charge is 0.354 e. The van der Waals surface area contributed by atoms with E-state index in [1.54, 1.807) is 96.8 Å². The minimum Gasteiger partial charge on any atom is -0.477 e. The van der Waals surface area contributed by atoms with Crippen molar-refractivity contribution in [1.29, 1.82) is 0 Å². The van der Waals surface area contributed by atoms with E-state index < -0.39 is 11.9 Å². The number of aryl methyl sites for hydroxylation is 2. The van der Waals surface area contributed by atoms with Crippen molar-refractivity contribution in [3.8, 4) is 45.2 Å². The van der Waals surface area contributed by atoms with E-state index >= 15 is 0 Å². The van der Waals surface area contributed by atoms with Gasteiger partial charge in [0, 0.05) is 180 Å². The predicted molar refractivity (Wildman–Crippen MR) is 459 cm³/mol. The van der Waals surface area contributed by atoms with Crippen molar-refractivity contribution in [3.05, 3.63) is 393 Å². The van der Waals surface area contributed by atoms with Crippen molar-refractivity contribution in [2.45, 2.75) is 118 Å². The summed E-state index contributed by atoms with van der Waals surface area (Å²) in [6.45, 7) is 14.1. The summed E-state index contributed by atoms with van der Waals surface area (Å²) in [4.78, 5) is 57.2. The van der Waals surface area contributed by atoms with Gasteiger partial charge in [-0.3, -0.25) is 15.0 Å². The molecule has 6 atom stereocenters. The third kappa shape index (κ3) is 50.9. The molecule has 0 bridgehead atoms. The predicted octanol–water partition coefficient (Wildman–Crippen LogP) is 18.0. The Bertz CT molecular complexity index is 4560. The number of hydrogen-bond acceptors (Lipinski definition) is 17. The van der Waals surface area contributed by atoms with Gasteiger partial charge in [0.15, 0.2) is 0 Å². The number of carbonyl (C=O) groups is 2. The third-order valence-corrected chi connectivity index (χ3v) is 15.1. The number of fused-ring (bicyclic) bond motifs is 3. The Kier molecular flexibility index (Phi) is 65.0. The van der Waals surface area contributed by atoms with Crippen molar-refractivity contribution in [3.63, 3.8) is 0 Å². The van der Waals surface area contributed by atoms with E-state index in [4.69, 9.17) is 40.9 Å².